The number of hydrogen-bond donors (Lipinski definition) is 1. The predicted octanol–water partition coefficient (Wildman–Crippen LogP) is 3.97. The number of rotatable bonds is 6. The number of benzene rings is 1. The molecule has 33 heavy (non-hydrogen) atoms. The van der Waals surface area contributed by atoms with E-state index in [1.807, 2.05) is 36.5 Å². The molecule has 2 atom stereocenters. The predicted molar refractivity (Wildman–Crippen MR) is 130 cm³/mol. The standard InChI is InChI=1S/C24H23ClN4O3S/c1-32-14-21-20(13-30)28(12-18-8-16-11-26-5-4-19(16)27-18)6-7-29(21)24(31)23-9-15-2-3-17(25)10-22(15)33-23/h2-5,8-11,13,20-21,27H,6-7,12,14H2,1H3/t20?,21-/m1/s1. The second kappa shape index (κ2) is 9.23. The lowest BCUT2D eigenvalue weighted by Crippen LogP contribution is -2.62. The number of aromatic amines is 1. The molecule has 0 radical (unpaired) electrons. The number of aromatic nitrogens is 2. The number of H-pyrrole nitrogens is 1. The largest absolute Gasteiger partial charge is 0.382 e. The van der Waals surface area contributed by atoms with E-state index in [0.717, 1.165) is 33.0 Å². The van der Waals surface area contributed by atoms with Crippen molar-refractivity contribution in [2.24, 2.45) is 0 Å². The Labute approximate surface area is 199 Å². The first-order valence-electron chi connectivity index (χ1n) is 10.7. The maximum Gasteiger partial charge on any atom is 0.264 e. The van der Waals surface area contributed by atoms with E-state index in [-0.39, 0.29) is 18.6 Å². The highest BCUT2D eigenvalue weighted by Gasteiger charge is 2.39. The maximum atomic E-state index is 13.5. The van der Waals surface area contributed by atoms with Crippen LogP contribution in [-0.4, -0.2) is 70.9 Å². The van der Waals surface area contributed by atoms with E-state index in [1.54, 1.807) is 18.2 Å². The molecule has 0 aliphatic carbocycles. The molecule has 9 heteroatoms. The van der Waals surface area contributed by atoms with Crippen LogP contribution < -0.4 is 0 Å². The van der Waals surface area contributed by atoms with Crippen molar-refractivity contribution in [2.45, 2.75) is 18.6 Å². The summed E-state index contributed by atoms with van der Waals surface area (Å²) in [4.78, 5) is 37.8. The molecule has 7 nitrogen and oxygen atoms in total. The topological polar surface area (TPSA) is 78.5 Å². The fraction of sp³-hybridized carbons (Fsp3) is 0.292. The summed E-state index contributed by atoms with van der Waals surface area (Å²) < 4.78 is 6.41. The van der Waals surface area contributed by atoms with E-state index >= 15 is 0 Å². The Morgan fingerprint density at radius 2 is 2.15 bits per heavy atom. The number of piperazine rings is 1. The average Bonchev–Trinajstić information content (AvgIpc) is 3.42. The Morgan fingerprint density at radius 3 is 2.94 bits per heavy atom. The fourth-order valence-electron chi connectivity index (χ4n) is 4.54. The van der Waals surface area contributed by atoms with Crippen molar-refractivity contribution in [3.63, 3.8) is 0 Å². The second-order valence-corrected chi connectivity index (χ2v) is 9.69. The van der Waals surface area contributed by atoms with Crippen LogP contribution in [0.15, 0.2) is 48.8 Å². The number of fused-ring (bicyclic) bond motifs is 2. The first-order valence-corrected chi connectivity index (χ1v) is 11.9. The zero-order valence-electron chi connectivity index (χ0n) is 18.0. The molecule has 1 aliphatic rings. The number of nitrogens with zero attached hydrogens (tertiary/aromatic N) is 3. The van der Waals surface area contributed by atoms with Crippen molar-refractivity contribution in [1.82, 2.24) is 19.8 Å². The fourth-order valence-corrected chi connectivity index (χ4v) is 5.83. The zero-order chi connectivity index (χ0) is 22.9. The molecule has 3 aromatic heterocycles. The minimum Gasteiger partial charge on any atom is -0.382 e. The van der Waals surface area contributed by atoms with E-state index in [4.69, 9.17) is 16.3 Å². The number of halogens is 1. The Morgan fingerprint density at radius 1 is 1.27 bits per heavy atom. The summed E-state index contributed by atoms with van der Waals surface area (Å²) in [5.74, 6) is -0.0856. The van der Waals surface area contributed by atoms with Crippen LogP contribution in [0.3, 0.4) is 0 Å². The number of ether oxygens (including phenoxy) is 1. The number of carbonyl (C=O) groups excluding carboxylic acids is 2. The van der Waals surface area contributed by atoms with Gasteiger partial charge in [-0.15, -0.1) is 11.3 Å². The van der Waals surface area contributed by atoms with Gasteiger partial charge < -0.3 is 19.4 Å². The van der Waals surface area contributed by atoms with Gasteiger partial charge in [0.1, 0.15) is 6.29 Å². The SMILES string of the molecule is COC[C@@H]1C(C=O)N(Cc2cc3cnccc3[nH]2)CCN1C(=O)c1cc2ccc(Cl)cc2s1. The molecular weight excluding hydrogens is 460 g/mol. The van der Waals surface area contributed by atoms with Gasteiger partial charge in [0.15, 0.2) is 0 Å². The molecular formula is C24H23ClN4O3S. The first kappa shape index (κ1) is 22.0. The van der Waals surface area contributed by atoms with Gasteiger partial charge in [0.2, 0.25) is 0 Å². The summed E-state index contributed by atoms with van der Waals surface area (Å²) in [5.41, 5.74) is 2.01. The van der Waals surface area contributed by atoms with Crippen molar-refractivity contribution >= 4 is 56.1 Å². The quantitative estimate of drug-likeness (QED) is 0.421. The van der Waals surface area contributed by atoms with Crippen LogP contribution in [0.2, 0.25) is 5.02 Å². The molecule has 170 valence electrons. The van der Waals surface area contributed by atoms with Gasteiger partial charge in [-0.05, 0) is 35.7 Å². The van der Waals surface area contributed by atoms with Crippen LogP contribution in [0.25, 0.3) is 21.0 Å². The van der Waals surface area contributed by atoms with Gasteiger partial charge in [0.25, 0.3) is 5.91 Å². The number of methoxy groups -OCH3 is 1. The number of pyridine rings is 1. The Balaban J connectivity index is 1.40. The van der Waals surface area contributed by atoms with E-state index in [1.165, 1.54) is 11.3 Å². The highest BCUT2D eigenvalue weighted by Crippen LogP contribution is 2.31. The summed E-state index contributed by atoms with van der Waals surface area (Å²) >= 11 is 7.53. The number of aldehydes is 1. The van der Waals surface area contributed by atoms with Crippen molar-refractivity contribution in [3.05, 3.63) is 64.4 Å². The zero-order valence-corrected chi connectivity index (χ0v) is 19.6. The molecule has 1 N–H and O–H groups in total. The molecule has 4 aromatic rings. The van der Waals surface area contributed by atoms with Gasteiger partial charge in [0.05, 0.1) is 23.6 Å². The Hall–Kier alpha value is -2.78. The van der Waals surface area contributed by atoms with Crippen LogP contribution >= 0.6 is 22.9 Å². The van der Waals surface area contributed by atoms with Crippen LogP contribution in [0.5, 0.6) is 0 Å². The summed E-state index contributed by atoms with van der Waals surface area (Å²) in [5, 5.41) is 2.65. The third-order valence-corrected chi connectivity index (χ3v) is 7.45. The van der Waals surface area contributed by atoms with Gasteiger partial charge in [-0.1, -0.05) is 17.7 Å². The van der Waals surface area contributed by atoms with Gasteiger partial charge in [-0.3, -0.25) is 14.7 Å². The third-order valence-electron chi connectivity index (χ3n) is 6.13. The Kier molecular flexibility index (Phi) is 6.16. The van der Waals surface area contributed by atoms with E-state index in [0.29, 0.717) is 29.5 Å². The number of hydrogen-bond acceptors (Lipinski definition) is 6. The smallest absolute Gasteiger partial charge is 0.264 e. The molecule has 1 aliphatic heterocycles. The summed E-state index contributed by atoms with van der Waals surface area (Å²) in [6, 6.07) is 10.6. The molecule has 0 saturated carbocycles. The van der Waals surface area contributed by atoms with Crippen molar-refractivity contribution < 1.29 is 14.3 Å². The van der Waals surface area contributed by atoms with E-state index in [9.17, 15) is 9.59 Å². The summed E-state index contributed by atoms with van der Waals surface area (Å²) in [6.07, 6.45) is 4.49. The van der Waals surface area contributed by atoms with E-state index in [2.05, 4.69) is 20.9 Å². The van der Waals surface area contributed by atoms with Crippen LogP contribution in [0, 0.1) is 0 Å². The number of thiophene rings is 1. The van der Waals surface area contributed by atoms with Crippen LogP contribution in [0.4, 0.5) is 0 Å². The summed E-state index contributed by atoms with van der Waals surface area (Å²) in [6.45, 7) is 1.94. The monoisotopic (exact) mass is 482 g/mol. The molecule has 1 saturated heterocycles. The first-order chi connectivity index (χ1) is 16.1. The van der Waals surface area contributed by atoms with Gasteiger partial charge in [0, 0.05) is 65.5 Å². The van der Waals surface area contributed by atoms with E-state index < -0.39 is 6.04 Å². The van der Waals surface area contributed by atoms with Crippen LogP contribution in [0.1, 0.15) is 15.4 Å². The summed E-state index contributed by atoms with van der Waals surface area (Å²) in [7, 11) is 1.59. The number of amides is 1. The lowest BCUT2D eigenvalue weighted by atomic mass is 10.0. The molecule has 1 amide bonds. The molecule has 1 aromatic carbocycles. The molecule has 0 spiro atoms. The maximum absolute atomic E-state index is 13.5. The lowest BCUT2D eigenvalue weighted by Gasteiger charge is -2.45. The van der Waals surface area contributed by atoms with Crippen LogP contribution in [-0.2, 0) is 16.1 Å². The normalized spacial score (nSPS) is 19.4. The second-order valence-electron chi connectivity index (χ2n) is 8.17. The molecule has 5 rings (SSSR count). The lowest BCUT2D eigenvalue weighted by molar-refractivity contribution is -0.118. The van der Waals surface area contributed by atoms with Gasteiger partial charge in [-0.25, -0.2) is 0 Å². The highest BCUT2D eigenvalue weighted by atomic mass is 35.5. The highest BCUT2D eigenvalue weighted by molar-refractivity contribution is 7.20. The number of nitrogens with one attached hydrogen (secondary N) is 1. The minimum absolute atomic E-state index is 0.0856. The molecule has 0 bridgehead atoms. The van der Waals surface area contributed by atoms with Crippen molar-refractivity contribution in [3.8, 4) is 0 Å². The van der Waals surface area contributed by atoms with Gasteiger partial charge >= 0.3 is 0 Å². The van der Waals surface area contributed by atoms with Gasteiger partial charge in [-0.2, -0.15) is 0 Å². The minimum atomic E-state index is -0.476. The molecule has 1 unspecified atom stereocenters. The molecule has 1 fully saturated rings. The van der Waals surface area contributed by atoms with Crippen molar-refractivity contribution in [2.75, 3.05) is 26.8 Å². The van der Waals surface area contributed by atoms with Crippen molar-refractivity contribution in [1.29, 1.82) is 0 Å². The average molecular weight is 483 g/mol. The Bertz CT molecular complexity index is 1290. The number of carbonyl (C=O) groups is 2. The molecule has 4 heterocycles. The third kappa shape index (κ3) is 4.27.